The molecule has 0 aliphatic rings. The second-order valence-corrected chi connectivity index (χ2v) is 5.85. The Hall–Kier alpha value is -3.48. The highest BCUT2D eigenvalue weighted by atomic mass is 16.6. The fourth-order valence-electron chi connectivity index (χ4n) is 2.96. The largest absolute Gasteiger partial charge is 0.349 e. The Bertz CT molecular complexity index is 994. The van der Waals surface area contributed by atoms with Gasteiger partial charge in [0.25, 0.3) is 11.4 Å². The smallest absolute Gasteiger partial charge is 0.300 e. The van der Waals surface area contributed by atoms with Crippen LogP contribution in [0.4, 0.5) is 22.7 Å². The quantitative estimate of drug-likeness (QED) is 0.532. The van der Waals surface area contributed by atoms with Gasteiger partial charge in [0.1, 0.15) is 5.69 Å². The van der Waals surface area contributed by atoms with Gasteiger partial charge in [-0.2, -0.15) is 0 Å². The van der Waals surface area contributed by atoms with Crippen LogP contribution in [0.5, 0.6) is 0 Å². The van der Waals surface area contributed by atoms with E-state index in [1.165, 1.54) is 0 Å². The normalized spacial score (nSPS) is 10.6. The van der Waals surface area contributed by atoms with Crippen LogP contribution in [0.1, 0.15) is 11.1 Å². The number of nitrogens with one attached hydrogen (secondary N) is 1. The Kier molecular flexibility index (Phi) is 4.06. The van der Waals surface area contributed by atoms with Crippen LogP contribution in [0.3, 0.4) is 0 Å². The molecule has 0 saturated carbocycles. The first-order valence-corrected chi connectivity index (χ1v) is 7.56. The zero-order valence-electron chi connectivity index (χ0n) is 13.6. The van der Waals surface area contributed by atoms with Crippen molar-refractivity contribution in [3.8, 4) is 0 Å². The van der Waals surface area contributed by atoms with Gasteiger partial charge in [-0.05, 0) is 43.2 Å². The van der Waals surface area contributed by atoms with Gasteiger partial charge in [-0.3, -0.25) is 20.2 Å². The molecule has 3 aromatic carbocycles. The number of aryl methyl sites for hydroxylation is 2. The Morgan fingerprint density at radius 3 is 1.92 bits per heavy atom. The number of hydrogen-bond donors (Lipinski definition) is 1. The molecule has 0 aliphatic heterocycles. The van der Waals surface area contributed by atoms with Crippen molar-refractivity contribution in [3.63, 3.8) is 0 Å². The van der Waals surface area contributed by atoms with Crippen molar-refractivity contribution < 1.29 is 9.85 Å². The van der Waals surface area contributed by atoms with Crippen LogP contribution in [-0.4, -0.2) is 9.85 Å². The van der Waals surface area contributed by atoms with Gasteiger partial charge in [0.15, 0.2) is 0 Å². The zero-order chi connectivity index (χ0) is 18.1. The second-order valence-electron chi connectivity index (χ2n) is 5.85. The topological polar surface area (TPSA) is 98.3 Å². The Morgan fingerprint density at radius 2 is 1.36 bits per heavy atom. The van der Waals surface area contributed by atoms with Gasteiger partial charge in [-0.25, -0.2) is 0 Å². The van der Waals surface area contributed by atoms with Crippen molar-refractivity contribution >= 4 is 33.5 Å². The summed E-state index contributed by atoms with van der Waals surface area (Å²) < 4.78 is 0. The lowest BCUT2D eigenvalue weighted by atomic mass is 10.0. The molecule has 0 atom stereocenters. The monoisotopic (exact) mass is 337 g/mol. The summed E-state index contributed by atoms with van der Waals surface area (Å²) in [5, 5.41) is 26.7. The maximum atomic E-state index is 11.5. The van der Waals surface area contributed by atoms with E-state index in [1.807, 2.05) is 32.0 Å². The summed E-state index contributed by atoms with van der Waals surface area (Å²) in [6.45, 7) is 3.86. The molecule has 0 unspecified atom stereocenters. The summed E-state index contributed by atoms with van der Waals surface area (Å²) in [7, 11) is 0. The summed E-state index contributed by atoms with van der Waals surface area (Å²) in [4.78, 5) is 21.6. The summed E-state index contributed by atoms with van der Waals surface area (Å²) in [5.74, 6) is 0. The van der Waals surface area contributed by atoms with E-state index in [0.29, 0.717) is 16.5 Å². The fraction of sp³-hybridized carbons (Fsp3) is 0.111. The first-order chi connectivity index (χ1) is 11.9. The fourth-order valence-corrected chi connectivity index (χ4v) is 2.96. The number of rotatable bonds is 4. The number of non-ortho nitro benzene ring substituents is 1. The molecule has 0 saturated heterocycles. The van der Waals surface area contributed by atoms with E-state index in [1.54, 1.807) is 24.3 Å². The third-order valence-corrected chi connectivity index (χ3v) is 3.89. The lowest BCUT2D eigenvalue weighted by Crippen LogP contribution is -2.01. The van der Waals surface area contributed by atoms with Crippen molar-refractivity contribution in [2.24, 2.45) is 0 Å². The van der Waals surface area contributed by atoms with Crippen LogP contribution in [-0.2, 0) is 0 Å². The molecule has 7 nitrogen and oxygen atoms in total. The minimum Gasteiger partial charge on any atom is -0.349 e. The molecule has 0 spiro atoms. The SMILES string of the molecule is Cc1cc(C)cc(Nc2c([N+](=O)[O-])cc([N+](=O)[O-])c3ccccc23)c1. The van der Waals surface area contributed by atoms with E-state index in [-0.39, 0.29) is 17.1 Å². The highest BCUT2D eigenvalue weighted by Crippen LogP contribution is 2.40. The summed E-state index contributed by atoms with van der Waals surface area (Å²) >= 11 is 0. The van der Waals surface area contributed by atoms with Gasteiger partial charge < -0.3 is 5.32 Å². The summed E-state index contributed by atoms with van der Waals surface area (Å²) in [6.07, 6.45) is 0. The molecule has 7 heteroatoms. The maximum Gasteiger partial charge on any atom is 0.300 e. The maximum absolute atomic E-state index is 11.5. The van der Waals surface area contributed by atoms with E-state index < -0.39 is 9.85 Å². The van der Waals surface area contributed by atoms with E-state index in [9.17, 15) is 20.2 Å². The average Bonchev–Trinajstić information content (AvgIpc) is 2.53. The highest BCUT2D eigenvalue weighted by molar-refractivity contribution is 6.05. The lowest BCUT2D eigenvalue weighted by Gasteiger charge is -2.12. The van der Waals surface area contributed by atoms with Gasteiger partial charge in [-0.15, -0.1) is 0 Å². The number of benzene rings is 3. The van der Waals surface area contributed by atoms with Crippen LogP contribution < -0.4 is 5.32 Å². The lowest BCUT2D eigenvalue weighted by molar-refractivity contribution is -0.392. The molecule has 3 rings (SSSR count). The predicted molar refractivity (Wildman–Crippen MR) is 96.5 cm³/mol. The molecule has 0 amide bonds. The summed E-state index contributed by atoms with van der Waals surface area (Å²) in [6, 6.07) is 13.3. The molecular formula is C18H15N3O4. The molecule has 126 valence electrons. The molecule has 0 aliphatic carbocycles. The average molecular weight is 337 g/mol. The van der Waals surface area contributed by atoms with Gasteiger partial charge in [0.05, 0.1) is 21.3 Å². The van der Waals surface area contributed by atoms with Crippen molar-refractivity contribution in [1.29, 1.82) is 0 Å². The van der Waals surface area contributed by atoms with Gasteiger partial charge in [0.2, 0.25) is 0 Å². The predicted octanol–water partition coefficient (Wildman–Crippen LogP) is 5.02. The number of hydrogen-bond acceptors (Lipinski definition) is 5. The molecule has 1 N–H and O–H groups in total. The van der Waals surface area contributed by atoms with Crippen molar-refractivity contribution in [2.75, 3.05) is 5.32 Å². The molecule has 25 heavy (non-hydrogen) atoms. The van der Waals surface area contributed by atoms with Crippen molar-refractivity contribution in [3.05, 3.63) is 79.9 Å². The van der Waals surface area contributed by atoms with Gasteiger partial charge in [-0.1, -0.05) is 24.3 Å². The van der Waals surface area contributed by atoms with Gasteiger partial charge in [0, 0.05) is 11.1 Å². The van der Waals surface area contributed by atoms with Crippen LogP contribution >= 0.6 is 0 Å². The first-order valence-electron chi connectivity index (χ1n) is 7.56. The van der Waals surface area contributed by atoms with Crippen LogP contribution in [0.15, 0.2) is 48.5 Å². The van der Waals surface area contributed by atoms with Crippen LogP contribution in [0.2, 0.25) is 0 Å². The standard InChI is InChI=1S/C18H15N3O4/c1-11-7-12(2)9-13(8-11)19-18-15-6-4-3-5-14(15)16(20(22)23)10-17(18)21(24)25/h3-10,19H,1-2H3. The molecule has 0 radical (unpaired) electrons. The first kappa shape index (κ1) is 16.4. The van der Waals surface area contributed by atoms with E-state index in [4.69, 9.17) is 0 Å². The van der Waals surface area contributed by atoms with Gasteiger partial charge >= 0.3 is 0 Å². The molecule has 3 aromatic rings. The van der Waals surface area contributed by atoms with E-state index in [2.05, 4.69) is 5.32 Å². The molecule has 0 aromatic heterocycles. The highest BCUT2D eigenvalue weighted by Gasteiger charge is 2.25. The zero-order valence-corrected chi connectivity index (χ0v) is 13.6. The number of nitrogens with zero attached hydrogens (tertiary/aromatic N) is 2. The minimum absolute atomic E-state index is 0.246. The Morgan fingerprint density at radius 1 is 0.800 bits per heavy atom. The molecule has 0 bridgehead atoms. The number of nitro groups is 2. The van der Waals surface area contributed by atoms with Crippen molar-refractivity contribution in [1.82, 2.24) is 0 Å². The molecule has 0 heterocycles. The number of anilines is 2. The Balaban J connectivity index is 2.29. The third-order valence-electron chi connectivity index (χ3n) is 3.89. The van der Waals surface area contributed by atoms with Crippen molar-refractivity contribution in [2.45, 2.75) is 13.8 Å². The molecular weight excluding hydrogens is 322 g/mol. The van der Waals surface area contributed by atoms with Crippen LogP contribution in [0.25, 0.3) is 10.8 Å². The summed E-state index contributed by atoms with van der Waals surface area (Å²) in [5.41, 5.74) is 2.35. The number of nitro benzene ring substituents is 2. The number of fused-ring (bicyclic) bond motifs is 1. The van der Waals surface area contributed by atoms with E-state index >= 15 is 0 Å². The third kappa shape index (κ3) is 3.12. The molecule has 0 fully saturated rings. The minimum atomic E-state index is -0.607. The van der Waals surface area contributed by atoms with E-state index in [0.717, 1.165) is 17.2 Å². The second kappa shape index (κ2) is 6.20. The van der Waals surface area contributed by atoms with Crippen LogP contribution in [0, 0.1) is 34.1 Å². The Labute approximate surface area is 143 Å².